The van der Waals surface area contributed by atoms with Crippen LogP contribution in [0.1, 0.15) is 52.4 Å². The van der Waals surface area contributed by atoms with Crippen molar-refractivity contribution in [3.63, 3.8) is 0 Å². The topological polar surface area (TPSA) is 3.24 Å². The first-order valence-corrected chi connectivity index (χ1v) is 7.11. The Hall–Kier alpha value is -0.300. The normalized spacial score (nSPS) is 27.5. The molecule has 2 aliphatic rings. The molecule has 0 radical (unpaired) electrons. The fourth-order valence-electron chi connectivity index (χ4n) is 3.42. The molecular formula is C15H27N. The molecule has 1 aliphatic carbocycles. The fourth-order valence-corrected chi connectivity index (χ4v) is 3.42. The zero-order valence-corrected chi connectivity index (χ0v) is 11.0. The third-order valence-electron chi connectivity index (χ3n) is 4.37. The zero-order chi connectivity index (χ0) is 11.4. The second-order valence-electron chi connectivity index (χ2n) is 5.96. The quantitative estimate of drug-likeness (QED) is 0.652. The molecule has 16 heavy (non-hydrogen) atoms. The highest BCUT2D eigenvalue weighted by atomic mass is 15.1. The summed E-state index contributed by atoms with van der Waals surface area (Å²) in [5, 5.41) is 0. The molecule has 92 valence electrons. The van der Waals surface area contributed by atoms with Gasteiger partial charge in [0.2, 0.25) is 0 Å². The maximum atomic E-state index is 2.68. The molecule has 0 spiro atoms. The smallest absolute Gasteiger partial charge is 0.00161 e. The van der Waals surface area contributed by atoms with Gasteiger partial charge in [0.25, 0.3) is 0 Å². The van der Waals surface area contributed by atoms with Crippen molar-refractivity contribution in [1.29, 1.82) is 0 Å². The first-order chi connectivity index (χ1) is 7.75. The molecular weight excluding hydrogens is 194 g/mol. The second kappa shape index (κ2) is 5.86. The lowest BCUT2D eigenvalue weighted by Gasteiger charge is -2.19. The molecule has 1 nitrogen and oxygen atoms in total. The molecule has 2 rings (SSSR count). The van der Waals surface area contributed by atoms with Crippen molar-refractivity contribution in [2.45, 2.75) is 52.4 Å². The molecule has 0 bridgehead atoms. The number of hydrogen-bond acceptors (Lipinski definition) is 1. The number of hydrogen-bond donors (Lipinski definition) is 0. The van der Waals surface area contributed by atoms with E-state index >= 15 is 0 Å². The summed E-state index contributed by atoms with van der Waals surface area (Å²) in [7, 11) is 0. The van der Waals surface area contributed by atoms with E-state index in [-0.39, 0.29) is 0 Å². The van der Waals surface area contributed by atoms with Gasteiger partial charge in [0.15, 0.2) is 0 Å². The Morgan fingerprint density at radius 3 is 2.56 bits per heavy atom. The zero-order valence-electron chi connectivity index (χ0n) is 11.0. The summed E-state index contributed by atoms with van der Waals surface area (Å²) in [5.74, 6) is 2.11. The lowest BCUT2D eigenvalue weighted by molar-refractivity contribution is 0.293. The van der Waals surface area contributed by atoms with Crippen LogP contribution in [-0.4, -0.2) is 24.5 Å². The van der Waals surface area contributed by atoms with Crippen LogP contribution in [0.5, 0.6) is 0 Å². The van der Waals surface area contributed by atoms with Gasteiger partial charge in [-0.2, -0.15) is 0 Å². The third kappa shape index (κ3) is 3.35. The Bertz CT molecular complexity index is 234. The average Bonchev–Trinajstić information content (AvgIpc) is 2.85. The van der Waals surface area contributed by atoms with Crippen LogP contribution in [0.3, 0.4) is 0 Å². The molecule has 0 N–H and O–H groups in total. The summed E-state index contributed by atoms with van der Waals surface area (Å²) in [6.07, 6.45) is 11.1. The van der Waals surface area contributed by atoms with Gasteiger partial charge in [-0.05, 0) is 45.1 Å². The minimum absolute atomic E-state index is 1.04. The molecule has 1 aliphatic heterocycles. The highest BCUT2D eigenvalue weighted by molar-refractivity contribution is 4.94. The van der Waals surface area contributed by atoms with Gasteiger partial charge >= 0.3 is 0 Å². The van der Waals surface area contributed by atoms with E-state index < -0.39 is 0 Å². The van der Waals surface area contributed by atoms with E-state index in [9.17, 15) is 0 Å². The first kappa shape index (κ1) is 12.2. The molecule has 0 amide bonds. The summed E-state index contributed by atoms with van der Waals surface area (Å²) in [6.45, 7) is 8.43. The molecule has 2 fully saturated rings. The molecule has 1 heteroatoms. The Morgan fingerprint density at radius 2 is 1.88 bits per heavy atom. The summed E-state index contributed by atoms with van der Waals surface area (Å²) < 4.78 is 0. The summed E-state index contributed by atoms with van der Waals surface area (Å²) in [5.41, 5.74) is 1.46. The number of nitrogens with zero attached hydrogens (tertiary/aromatic N) is 1. The van der Waals surface area contributed by atoms with Gasteiger partial charge in [-0.25, -0.2) is 0 Å². The van der Waals surface area contributed by atoms with Crippen molar-refractivity contribution >= 4 is 0 Å². The lowest BCUT2D eigenvalue weighted by Crippen LogP contribution is -2.23. The molecule has 0 aromatic rings. The minimum atomic E-state index is 1.04. The Morgan fingerprint density at radius 1 is 1.12 bits per heavy atom. The predicted octanol–water partition coefficient (Wildman–Crippen LogP) is 3.85. The molecule has 0 aromatic carbocycles. The van der Waals surface area contributed by atoms with E-state index in [1.54, 1.807) is 0 Å². The highest BCUT2D eigenvalue weighted by Crippen LogP contribution is 2.36. The largest absolute Gasteiger partial charge is 0.303 e. The number of rotatable bonds is 4. The van der Waals surface area contributed by atoms with Crippen molar-refractivity contribution in [1.82, 2.24) is 4.90 Å². The van der Waals surface area contributed by atoms with Gasteiger partial charge in [-0.3, -0.25) is 0 Å². The molecule has 1 saturated heterocycles. The number of likely N-dealkylation sites (tertiary alicyclic amines) is 1. The van der Waals surface area contributed by atoms with E-state index in [0.717, 1.165) is 11.8 Å². The summed E-state index contributed by atoms with van der Waals surface area (Å²) in [6, 6.07) is 0. The van der Waals surface area contributed by atoms with E-state index in [4.69, 9.17) is 0 Å². The van der Waals surface area contributed by atoms with Crippen LogP contribution < -0.4 is 0 Å². The molecule has 0 aromatic heterocycles. The van der Waals surface area contributed by atoms with E-state index in [1.807, 2.05) is 0 Å². The SMILES string of the molecule is CC(C)=CCCN1CCC(C2CCCC2)C1. The van der Waals surface area contributed by atoms with Gasteiger partial charge < -0.3 is 4.90 Å². The first-order valence-electron chi connectivity index (χ1n) is 7.11. The predicted molar refractivity (Wildman–Crippen MR) is 70.6 cm³/mol. The van der Waals surface area contributed by atoms with Crippen molar-refractivity contribution in [2.24, 2.45) is 11.8 Å². The lowest BCUT2D eigenvalue weighted by atomic mass is 9.90. The van der Waals surface area contributed by atoms with Gasteiger partial charge in [0, 0.05) is 13.1 Å². The van der Waals surface area contributed by atoms with Gasteiger partial charge in [-0.15, -0.1) is 0 Å². The van der Waals surface area contributed by atoms with Crippen LogP contribution in [0.25, 0.3) is 0 Å². The maximum Gasteiger partial charge on any atom is 0.00161 e. The summed E-state index contributed by atoms with van der Waals surface area (Å²) in [4.78, 5) is 2.68. The molecule has 1 saturated carbocycles. The van der Waals surface area contributed by atoms with Crippen molar-refractivity contribution in [3.05, 3.63) is 11.6 Å². The van der Waals surface area contributed by atoms with Crippen molar-refractivity contribution in [3.8, 4) is 0 Å². The number of allylic oxidation sites excluding steroid dienone is 1. The monoisotopic (exact) mass is 221 g/mol. The van der Waals surface area contributed by atoms with Crippen LogP contribution in [0, 0.1) is 11.8 Å². The van der Waals surface area contributed by atoms with Gasteiger partial charge in [0.05, 0.1) is 0 Å². The van der Waals surface area contributed by atoms with E-state index in [1.165, 1.54) is 63.7 Å². The van der Waals surface area contributed by atoms with Gasteiger partial charge in [0.1, 0.15) is 0 Å². The Kier molecular flexibility index (Phi) is 4.45. The van der Waals surface area contributed by atoms with E-state index in [2.05, 4.69) is 24.8 Å². The fraction of sp³-hybridized carbons (Fsp3) is 0.867. The van der Waals surface area contributed by atoms with E-state index in [0.29, 0.717) is 0 Å². The Balaban J connectivity index is 1.69. The van der Waals surface area contributed by atoms with Crippen molar-refractivity contribution in [2.75, 3.05) is 19.6 Å². The third-order valence-corrected chi connectivity index (χ3v) is 4.37. The van der Waals surface area contributed by atoms with Crippen LogP contribution in [-0.2, 0) is 0 Å². The average molecular weight is 221 g/mol. The standard InChI is InChI=1S/C15H27N/c1-13(2)6-5-10-16-11-9-15(12-16)14-7-3-4-8-14/h6,14-15H,3-5,7-12H2,1-2H3. The minimum Gasteiger partial charge on any atom is -0.303 e. The van der Waals surface area contributed by atoms with Crippen LogP contribution in [0.2, 0.25) is 0 Å². The maximum absolute atomic E-state index is 2.68. The Labute approximate surface area is 101 Å². The molecule has 1 unspecified atom stereocenters. The highest BCUT2D eigenvalue weighted by Gasteiger charge is 2.30. The van der Waals surface area contributed by atoms with Crippen LogP contribution >= 0.6 is 0 Å². The van der Waals surface area contributed by atoms with Crippen molar-refractivity contribution < 1.29 is 0 Å². The molecule has 1 heterocycles. The summed E-state index contributed by atoms with van der Waals surface area (Å²) >= 11 is 0. The molecule has 1 atom stereocenters. The van der Waals surface area contributed by atoms with Crippen LogP contribution in [0.15, 0.2) is 11.6 Å². The van der Waals surface area contributed by atoms with Crippen LogP contribution in [0.4, 0.5) is 0 Å². The second-order valence-corrected chi connectivity index (χ2v) is 5.96. The van der Waals surface area contributed by atoms with Gasteiger partial charge in [-0.1, -0.05) is 37.3 Å².